The number of amides is 1. The Kier molecular flexibility index (Phi) is 7.13. The third-order valence-electron chi connectivity index (χ3n) is 5.33. The maximum atomic E-state index is 13.1. The summed E-state index contributed by atoms with van der Waals surface area (Å²) in [6, 6.07) is 12.1. The molecule has 32 heavy (non-hydrogen) atoms. The number of hydrogen-bond donors (Lipinski definition) is 0. The average Bonchev–Trinajstić information content (AvgIpc) is 3.14. The average molecular weight is 458 g/mol. The quantitative estimate of drug-likeness (QED) is 0.554. The SMILES string of the molecule is COc1cc(C(c2ccccc2)N2C(=O)CCC2C(=O)O[Si](C)(C)C)cc(OC)c1OC. The molecule has 172 valence electrons. The molecule has 0 spiro atoms. The lowest BCUT2D eigenvalue weighted by molar-refractivity contribution is -0.145. The number of benzene rings is 2. The lowest BCUT2D eigenvalue weighted by atomic mass is 9.95. The molecule has 0 aliphatic carbocycles. The Morgan fingerprint density at radius 2 is 1.56 bits per heavy atom. The van der Waals surface area contributed by atoms with E-state index in [9.17, 15) is 9.59 Å². The largest absolute Gasteiger partial charge is 0.518 e. The summed E-state index contributed by atoms with van der Waals surface area (Å²) in [5, 5.41) is 0. The molecule has 1 aliphatic rings. The number of ether oxygens (including phenoxy) is 3. The maximum Gasteiger partial charge on any atom is 0.315 e. The molecule has 1 aliphatic heterocycles. The summed E-state index contributed by atoms with van der Waals surface area (Å²) in [4.78, 5) is 27.8. The zero-order valence-corrected chi connectivity index (χ0v) is 20.5. The van der Waals surface area contributed by atoms with Crippen molar-refractivity contribution in [1.82, 2.24) is 4.90 Å². The van der Waals surface area contributed by atoms with Crippen LogP contribution in [0.25, 0.3) is 0 Å². The topological polar surface area (TPSA) is 74.3 Å². The van der Waals surface area contributed by atoms with Gasteiger partial charge in [0.2, 0.25) is 20.0 Å². The Labute approximate surface area is 190 Å². The minimum absolute atomic E-state index is 0.0925. The maximum absolute atomic E-state index is 13.1. The number of methoxy groups -OCH3 is 3. The Hall–Kier alpha value is -3.00. The predicted octanol–water partition coefficient (Wildman–Crippen LogP) is 4.17. The van der Waals surface area contributed by atoms with Crippen molar-refractivity contribution in [3.8, 4) is 17.2 Å². The lowest BCUT2D eigenvalue weighted by Crippen LogP contribution is -2.45. The fraction of sp³-hybridized carbons (Fsp3) is 0.417. The molecular formula is C24H31NO6Si. The molecule has 8 heteroatoms. The van der Waals surface area contributed by atoms with Gasteiger partial charge in [0.25, 0.3) is 0 Å². The van der Waals surface area contributed by atoms with E-state index < -0.39 is 20.4 Å². The van der Waals surface area contributed by atoms with Gasteiger partial charge < -0.3 is 23.5 Å². The molecule has 1 amide bonds. The fourth-order valence-corrected chi connectivity index (χ4v) is 4.78. The highest BCUT2D eigenvalue weighted by atomic mass is 28.4. The highest BCUT2D eigenvalue weighted by molar-refractivity contribution is 6.71. The first-order valence-electron chi connectivity index (χ1n) is 10.6. The van der Waals surface area contributed by atoms with Crippen molar-refractivity contribution in [1.29, 1.82) is 0 Å². The molecule has 7 nitrogen and oxygen atoms in total. The second-order valence-electron chi connectivity index (χ2n) is 8.66. The molecule has 0 bridgehead atoms. The smallest absolute Gasteiger partial charge is 0.315 e. The van der Waals surface area contributed by atoms with E-state index in [-0.39, 0.29) is 11.9 Å². The molecule has 0 N–H and O–H groups in total. The van der Waals surface area contributed by atoms with Gasteiger partial charge in [-0.1, -0.05) is 30.3 Å². The van der Waals surface area contributed by atoms with Gasteiger partial charge in [0.05, 0.1) is 27.4 Å². The van der Waals surface area contributed by atoms with Gasteiger partial charge in [-0.05, 0) is 49.3 Å². The monoisotopic (exact) mass is 457 g/mol. The number of carbonyl (C=O) groups is 2. The van der Waals surface area contributed by atoms with Crippen LogP contribution in [0.1, 0.15) is 30.0 Å². The molecular weight excluding hydrogens is 426 g/mol. The minimum atomic E-state index is -2.12. The highest BCUT2D eigenvalue weighted by Crippen LogP contribution is 2.44. The van der Waals surface area contributed by atoms with Crippen LogP contribution in [0.2, 0.25) is 19.6 Å². The van der Waals surface area contributed by atoms with Gasteiger partial charge >= 0.3 is 5.97 Å². The van der Waals surface area contributed by atoms with Crippen molar-refractivity contribution >= 4 is 20.2 Å². The Morgan fingerprint density at radius 3 is 2.06 bits per heavy atom. The molecule has 2 aromatic carbocycles. The summed E-state index contributed by atoms with van der Waals surface area (Å²) >= 11 is 0. The Bertz CT molecular complexity index is 947. The highest BCUT2D eigenvalue weighted by Gasteiger charge is 2.43. The van der Waals surface area contributed by atoms with Crippen molar-refractivity contribution in [2.75, 3.05) is 21.3 Å². The van der Waals surface area contributed by atoms with Crippen LogP contribution >= 0.6 is 0 Å². The van der Waals surface area contributed by atoms with Crippen molar-refractivity contribution < 1.29 is 28.2 Å². The predicted molar refractivity (Wildman–Crippen MR) is 124 cm³/mol. The normalized spacial score (nSPS) is 17.1. The summed E-state index contributed by atoms with van der Waals surface area (Å²) in [6.07, 6.45) is 0.717. The van der Waals surface area contributed by atoms with Crippen molar-refractivity contribution in [2.24, 2.45) is 0 Å². The van der Waals surface area contributed by atoms with Gasteiger partial charge in [-0.15, -0.1) is 0 Å². The molecule has 0 aromatic heterocycles. The van der Waals surface area contributed by atoms with Gasteiger partial charge in [-0.3, -0.25) is 9.59 Å². The summed E-state index contributed by atoms with van der Waals surface area (Å²) < 4.78 is 22.3. The first-order chi connectivity index (χ1) is 15.2. The molecule has 2 aromatic rings. The molecule has 0 saturated carbocycles. The molecule has 1 heterocycles. The summed E-state index contributed by atoms with van der Waals surface area (Å²) in [6.45, 7) is 5.87. The zero-order valence-electron chi connectivity index (χ0n) is 19.5. The number of rotatable bonds is 8. The van der Waals surface area contributed by atoms with Gasteiger partial charge in [0.15, 0.2) is 11.5 Å². The first-order valence-corrected chi connectivity index (χ1v) is 14.0. The summed E-state index contributed by atoms with van der Waals surface area (Å²) in [5.74, 6) is 0.993. The van der Waals surface area contributed by atoms with E-state index in [0.29, 0.717) is 30.1 Å². The van der Waals surface area contributed by atoms with Crippen molar-refractivity contribution in [3.05, 3.63) is 53.6 Å². The van der Waals surface area contributed by atoms with Crippen LogP contribution in [0.3, 0.4) is 0 Å². The van der Waals surface area contributed by atoms with Crippen LogP contribution in [0.5, 0.6) is 17.2 Å². The van der Waals surface area contributed by atoms with E-state index in [1.807, 2.05) is 62.1 Å². The van der Waals surface area contributed by atoms with E-state index in [4.69, 9.17) is 18.6 Å². The van der Waals surface area contributed by atoms with Crippen LogP contribution in [-0.2, 0) is 14.0 Å². The van der Waals surface area contributed by atoms with Crippen LogP contribution in [-0.4, -0.2) is 52.5 Å². The van der Waals surface area contributed by atoms with Gasteiger partial charge in [-0.25, -0.2) is 0 Å². The van der Waals surface area contributed by atoms with Crippen LogP contribution in [0.4, 0.5) is 0 Å². The Balaban J connectivity index is 2.15. The molecule has 2 atom stereocenters. The molecule has 2 unspecified atom stereocenters. The van der Waals surface area contributed by atoms with Gasteiger partial charge in [-0.2, -0.15) is 0 Å². The van der Waals surface area contributed by atoms with Gasteiger partial charge in [0, 0.05) is 6.42 Å². The van der Waals surface area contributed by atoms with E-state index in [2.05, 4.69) is 0 Å². The third-order valence-corrected chi connectivity index (χ3v) is 6.14. The number of nitrogens with zero attached hydrogens (tertiary/aromatic N) is 1. The molecule has 0 radical (unpaired) electrons. The fourth-order valence-electron chi connectivity index (χ4n) is 4.04. The first kappa shape index (κ1) is 23.7. The lowest BCUT2D eigenvalue weighted by Gasteiger charge is -2.34. The minimum Gasteiger partial charge on any atom is -0.518 e. The molecule has 1 saturated heterocycles. The van der Waals surface area contributed by atoms with Crippen LogP contribution < -0.4 is 14.2 Å². The summed E-state index contributed by atoms with van der Waals surface area (Å²) in [7, 11) is 2.52. The van der Waals surface area contributed by atoms with E-state index in [0.717, 1.165) is 11.1 Å². The summed E-state index contributed by atoms with van der Waals surface area (Å²) in [5.41, 5.74) is 1.63. The molecule has 3 rings (SSSR count). The van der Waals surface area contributed by atoms with E-state index in [1.54, 1.807) is 26.2 Å². The number of carbonyl (C=O) groups excluding carboxylic acids is 2. The van der Waals surface area contributed by atoms with E-state index >= 15 is 0 Å². The second kappa shape index (κ2) is 9.64. The van der Waals surface area contributed by atoms with Crippen molar-refractivity contribution in [3.63, 3.8) is 0 Å². The number of hydrogen-bond acceptors (Lipinski definition) is 6. The zero-order chi connectivity index (χ0) is 23.5. The molecule has 1 fully saturated rings. The standard InChI is InChI=1S/C24H31NO6Si/c1-28-19-14-17(15-20(29-2)23(19)30-3)22(16-10-8-7-9-11-16)25-18(12-13-21(25)26)24(27)31-32(4,5)6/h7-11,14-15,18,22H,12-13H2,1-6H3. The number of likely N-dealkylation sites (tertiary alicyclic amines) is 1. The van der Waals surface area contributed by atoms with Gasteiger partial charge in [0.1, 0.15) is 6.04 Å². The third kappa shape index (κ3) is 4.90. The van der Waals surface area contributed by atoms with Crippen LogP contribution in [0.15, 0.2) is 42.5 Å². The van der Waals surface area contributed by atoms with Crippen molar-refractivity contribution in [2.45, 2.75) is 44.6 Å². The second-order valence-corrected chi connectivity index (χ2v) is 13.1. The van der Waals surface area contributed by atoms with E-state index in [1.165, 1.54) is 0 Å². The Morgan fingerprint density at radius 1 is 0.969 bits per heavy atom. The van der Waals surface area contributed by atoms with Crippen LogP contribution in [0, 0.1) is 0 Å².